The van der Waals surface area contributed by atoms with Gasteiger partial charge in [-0.05, 0) is 67.5 Å². The topological polar surface area (TPSA) is 165 Å². The highest BCUT2D eigenvalue weighted by Crippen LogP contribution is 2.32. The number of halogens is 3. The minimum Gasteiger partial charge on any atom is -0.465 e. The van der Waals surface area contributed by atoms with Crippen LogP contribution < -0.4 is 16.0 Å². The number of amides is 5. The highest BCUT2D eigenvalue weighted by atomic mass is 32.2. The van der Waals surface area contributed by atoms with E-state index in [1.54, 1.807) is 24.3 Å². The van der Waals surface area contributed by atoms with Crippen LogP contribution in [-0.4, -0.2) is 98.0 Å². The molecule has 0 aromatic heterocycles. The molecule has 1 aliphatic carbocycles. The van der Waals surface area contributed by atoms with Gasteiger partial charge in [0.15, 0.2) is 9.84 Å². The number of hydrogen-bond donors (Lipinski definition) is 4. The molecule has 0 radical (unpaired) electrons. The molecule has 47 heavy (non-hydrogen) atoms. The van der Waals surface area contributed by atoms with E-state index in [0.717, 1.165) is 28.7 Å². The maximum absolute atomic E-state index is 13.5. The van der Waals surface area contributed by atoms with Gasteiger partial charge in [-0.25, -0.2) is 18.0 Å². The van der Waals surface area contributed by atoms with E-state index in [1.807, 2.05) is 6.26 Å². The molecule has 2 fully saturated rings. The Labute approximate surface area is 274 Å². The molecule has 0 spiro atoms. The molecule has 256 valence electrons. The molecule has 2 aromatic rings. The van der Waals surface area contributed by atoms with Crippen LogP contribution in [0.4, 0.5) is 28.4 Å². The summed E-state index contributed by atoms with van der Waals surface area (Å²) in [6.07, 6.45) is -1.42. The number of nitrogens with one attached hydrogen (secondary N) is 3. The maximum atomic E-state index is 13.5. The van der Waals surface area contributed by atoms with Crippen molar-refractivity contribution in [3.63, 3.8) is 0 Å². The van der Waals surface area contributed by atoms with Crippen molar-refractivity contribution >= 4 is 51.2 Å². The van der Waals surface area contributed by atoms with E-state index in [-0.39, 0.29) is 48.4 Å². The summed E-state index contributed by atoms with van der Waals surface area (Å²) < 4.78 is 66.8. The number of anilines is 1. The smallest absolute Gasteiger partial charge is 0.416 e. The van der Waals surface area contributed by atoms with Gasteiger partial charge in [0, 0.05) is 37.1 Å². The van der Waals surface area contributed by atoms with Crippen LogP contribution in [0, 0.1) is 5.92 Å². The number of thioether (sulfide) groups is 1. The predicted octanol–water partition coefficient (Wildman–Crippen LogP) is 4.13. The molecule has 1 saturated heterocycles. The molecule has 2 aliphatic rings. The Kier molecular flexibility index (Phi) is 11.7. The number of carbonyl (C=O) groups excluding carboxylic acids is 3. The first-order valence-corrected chi connectivity index (χ1v) is 17.7. The van der Waals surface area contributed by atoms with Crippen molar-refractivity contribution < 1.29 is 45.9 Å². The van der Waals surface area contributed by atoms with Crippen LogP contribution in [0.5, 0.6) is 0 Å². The number of carboxylic acid groups (broad SMARTS) is 1. The van der Waals surface area contributed by atoms with Gasteiger partial charge in [-0.2, -0.15) is 13.2 Å². The van der Waals surface area contributed by atoms with E-state index in [0.29, 0.717) is 25.0 Å². The minimum atomic E-state index is -4.80. The zero-order valence-corrected chi connectivity index (χ0v) is 27.1. The van der Waals surface area contributed by atoms with Crippen LogP contribution in [-0.2, 0) is 20.8 Å². The van der Waals surface area contributed by atoms with E-state index in [2.05, 4.69) is 16.0 Å². The van der Waals surface area contributed by atoms with Gasteiger partial charge >= 0.3 is 18.3 Å². The van der Waals surface area contributed by atoms with Crippen molar-refractivity contribution in [3.05, 3.63) is 53.6 Å². The van der Waals surface area contributed by atoms with Crippen LogP contribution in [0.2, 0.25) is 0 Å². The molecule has 4 N–H and O–H groups in total. The van der Waals surface area contributed by atoms with Gasteiger partial charge in [0.2, 0.25) is 5.91 Å². The number of urea groups is 1. The Morgan fingerprint density at radius 1 is 0.957 bits per heavy atom. The molecule has 1 saturated carbocycles. The number of hydrogen-bond acceptors (Lipinski definition) is 7. The molecule has 0 bridgehead atoms. The Balaban J connectivity index is 1.40. The highest BCUT2D eigenvalue weighted by molar-refractivity contribution is 7.98. The van der Waals surface area contributed by atoms with Crippen molar-refractivity contribution in [2.75, 3.05) is 50.0 Å². The van der Waals surface area contributed by atoms with E-state index in [4.69, 9.17) is 5.11 Å². The van der Waals surface area contributed by atoms with Crippen molar-refractivity contribution in [3.8, 4) is 0 Å². The van der Waals surface area contributed by atoms with Gasteiger partial charge in [-0.1, -0.05) is 12.8 Å². The summed E-state index contributed by atoms with van der Waals surface area (Å²) in [5.74, 6) is -2.25. The quantitative estimate of drug-likeness (QED) is 0.284. The fourth-order valence-corrected chi connectivity index (χ4v) is 7.70. The maximum Gasteiger partial charge on any atom is 0.416 e. The predicted molar refractivity (Wildman–Crippen MR) is 168 cm³/mol. The third-order valence-electron chi connectivity index (χ3n) is 8.19. The van der Waals surface area contributed by atoms with Crippen LogP contribution in [0.3, 0.4) is 0 Å². The molecular weight excluding hydrogens is 663 g/mol. The summed E-state index contributed by atoms with van der Waals surface area (Å²) in [7, 11) is -3.65. The lowest BCUT2D eigenvalue weighted by Gasteiger charge is -2.33. The summed E-state index contributed by atoms with van der Waals surface area (Å²) in [4.78, 5) is 53.4. The van der Waals surface area contributed by atoms with Gasteiger partial charge in [0.1, 0.15) is 0 Å². The van der Waals surface area contributed by atoms with Crippen molar-refractivity contribution in [2.45, 2.75) is 47.7 Å². The summed E-state index contributed by atoms with van der Waals surface area (Å²) >= 11 is 1.49. The van der Waals surface area contributed by atoms with Crippen LogP contribution >= 0.6 is 11.8 Å². The molecule has 2 unspecified atom stereocenters. The second-order valence-electron chi connectivity index (χ2n) is 11.3. The average Bonchev–Trinajstić information content (AvgIpc) is 3.04. The third kappa shape index (κ3) is 9.53. The molecule has 1 heterocycles. The SMILES string of the molecule is CSc1ccc(S(=O)(=O)CC2CCCCC2NC(=O)CNC(=O)c2cc(C(F)(F)F)ccc2NC(=O)N2CCN(C(=O)O)CC2)cc1. The van der Waals surface area contributed by atoms with Crippen LogP contribution in [0.15, 0.2) is 52.3 Å². The summed E-state index contributed by atoms with van der Waals surface area (Å²) in [5, 5.41) is 16.6. The first-order valence-electron chi connectivity index (χ1n) is 14.9. The Hall–Kier alpha value is -3.99. The molecular formula is C30H36F3N5O7S2. The Morgan fingerprint density at radius 3 is 2.21 bits per heavy atom. The van der Waals surface area contributed by atoms with Gasteiger partial charge in [0.25, 0.3) is 5.91 Å². The van der Waals surface area contributed by atoms with Crippen LogP contribution in [0.25, 0.3) is 0 Å². The Morgan fingerprint density at radius 2 is 1.60 bits per heavy atom. The molecule has 4 rings (SSSR count). The molecule has 1 aliphatic heterocycles. The lowest BCUT2D eigenvalue weighted by molar-refractivity contribution is -0.137. The second kappa shape index (κ2) is 15.3. The summed E-state index contributed by atoms with van der Waals surface area (Å²) in [6.45, 7) is -0.456. The second-order valence-corrected chi connectivity index (χ2v) is 14.2. The lowest BCUT2D eigenvalue weighted by atomic mass is 9.86. The van der Waals surface area contributed by atoms with Crippen LogP contribution in [0.1, 0.15) is 41.6 Å². The number of nitrogens with zero attached hydrogens (tertiary/aromatic N) is 2. The molecule has 2 aromatic carbocycles. The van der Waals surface area contributed by atoms with E-state index < -0.39 is 63.7 Å². The molecule has 5 amide bonds. The highest BCUT2D eigenvalue weighted by Gasteiger charge is 2.34. The molecule has 2 atom stereocenters. The van der Waals surface area contributed by atoms with E-state index in [1.165, 1.54) is 16.7 Å². The molecule has 17 heteroatoms. The standard InChI is InChI=1S/C30H36F3N5O7S2/c1-46-21-7-9-22(10-8-21)47(44,45)18-19-4-2-3-5-24(19)35-26(39)17-34-27(40)23-16-20(30(31,32)33)6-11-25(23)36-28(41)37-12-14-38(15-13-37)29(42)43/h6-11,16,19,24H,2-5,12-15,17-18H2,1H3,(H,34,40)(H,35,39)(H,36,41)(H,42,43). The van der Waals surface area contributed by atoms with Gasteiger partial charge in [-0.15, -0.1) is 11.8 Å². The fourth-order valence-electron chi connectivity index (χ4n) is 5.58. The monoisotopic (exact) mass is 699 g/mol. The number of carbonyl (C=O) groups is 4. The van der Waals surface area contributed by atoms with Gasteiger partial charge < -0.3 is 30.9 Å². The summed E-state index contributed by atoms with van der Waals surface area (Å²) in [5.41, 5.74) is -1.90. The van der Waals surface area contributed by atoms with Gasteiger partial charge in [0.05, 0.1) is 34.0 Å². The first kappa shape index (κ1) is 35.9. The number of piperazine rings is 1. The zero-order chi connectivity index (χ0) is 34.4. The van der Waals surface area contributed by atoms with Crippen molar-refractivity contribution in [1.29, 1.82) is 0 Å². The van der Waals surface area contributed by atoms with Gasteiger partial charge in [-0.3, -0.25) is 9.59 Å². The Bertz CT molecular complexity index is 1580. The van der Waals surface area contributed by atoms with E-state index in [9.17, 15) is 40.8 Å². The fraction of sp³-hybridized carbons (Fsp3) is 0.467. The third-order valence-corrected chi connectivity index (χ3v) is 10.8. The lowest BCUT2D eigenvalue weighted by Crippen LogP contribution is -2.51. The normalized spacial score (nSPS) is 18.7. The number of benzene rings is 2. The number of rotatable bonds is 9. The largest absolute Gasteiger partial charge is 0.465 e. The first-order chi connectivity index (χ1) is 22.2. The minimum absolute atomic E-state index is 0.0359. The zero-order valence-electron chi connectivity index (χ0n) is 25.5. The average molecular weight is 700 g/mol. The summed E-state index contributed by atoms with van der Waals surface area (Å²) in [6, 6.07) is 7.54. The number of alkyl halides is 3. The molecule has 12 nitrogen and oxygen atoms in total. The number of sulfone groups is 1. The van der Waals surface area contributed by atoms with Crippen molar-refractivity contribution in [1.82, 2.24) is 20.4 Å². The van der Waals surface area contributed by atoms with Crippen molar-refractivity contribution in [2.24, 2.45) is 5.92 Å². The van der Waals surface area contributed by atoms with E-state index >= 15 is 0 Å².